The Balaban J connectivity index is 2.22. The van der Waals surface area contributed by atoms with Gasteiger partial charge in [-0.25, -0.2) is 13.1 Å². The Hall–Kier alpha value is -1.48. The van der Waals surface area contributed by atoms with E-state index in [1.807, 2.05) is 0 Å². The summed E-state index contributed by atoms with van der Waals surface area (Å²) in [6.45, 7) is 0.594. The van der Waals surface area contributed by atoms with Crippen LogP contribution in [0.3, 0.4) is 0 Å². The largest absolute Gasteiger partial charge is 0.481 e. The number of hydrogen-bond acceptors (Lipinski definition) is 5. The number of aliphatic carboxylic acids is 1. The third-order valence-corrected chi connectivity index (χ3v) is 3.41. The summed E-state index contributed by atoms with van der Waals surface area (Å²) in [5.41, 5.74) is 0. The van der Waals surface area contributed by atoms with Gasteiger partial charge in [0.2, 0.25) is 10.0 Å². The van der Waals surface area contributed by atoms with Gasteiger partial charge in [-0.3, -0.25) is 9.48 Å². The van der Waals surface area contributed by atoms with E-state index in [4.69, 9.17) is 5.11 Å². The molecule has 0 spiro atoms. The number of nitrogens with zero attached hydrogens (tertiary/aromatic N) is 3. The van der Waals surface area contributed by atoms with E-state index in [0.29, 0.717) is 6.54 Å². The van der Waals surface area contributed by atoms with Gasteiger partial charge in [-0.05, 0) is 6.42 Å². The normalized spacial score (nSPS) is 11.5. The van der Waals surface area contributed by atoms with Crippen molar-refractivity contribution < 1.29 is 18.3 Å². The van der Waals surface area contributed by atoms with Crippen LogP contribution in [0.2, 0.25) is 0 Å². The van der Waals surface area contributed by atoms with E-state index >= 15 is 0 Å². The molecule has 0 bridgehead atoms. The lowest BCUT2D eigenvalue weighted by Gasteiger charge is -2.05. The SMILES string of the molecule is O=C(O)CCCS(=O)(=O)NCCn1ccnn1. The summed E-state index contributed by atoms with van der Waals surface area (Å²) >= 11 is 0. The molecule has 1 heterocycles. The van der Waals surface area contributed by atoms with Gasteiger partial charge in [0.15, 0.2) is 0 Å². The van der Waals surface area contributed by atoms with Gasteiger partial charge in [0, 0.05) is 19.2 Å². The molecule has 0 fully saturated rings. The summed E-state index contributed by atoms with van der Waals surface area (Å²) in [6, 6.07) is 0. The molecule has 96 valence electrons. The van der Waals surface area contributed by atoms with E-state index in [9.17, 15) is 13.2 Å². The Labute approximate surface area is 98.7 Å². The van der Waals surface area contributed by atoms with Crippen molar-refractivity contribution in [2.75, 3.05) is 12.3 Å². The minimum Gasteiger partial charge on any atom is -0.481 e. The minimum atomic E-state index is -3.41. The molecule has 0 saturated carbocycles. The summed E-state index contributed by atoms with van der Waals surface area (Å²) in [5, 5.41) is 15.6. The van der Waals surface area contributed by atoms with Gasteiger partial charge in [-0.1, -0.05) is 5.21 Å². The zero-order valence-electron chi connectivity index (χ0n) is 9.11. The van der Waals surface area contributed by atoms with Crippen LogP contribution in [0.4, 0.5) is 0 Å². The molecule has 0 aliphatic heterocycles. The maximum atomic E-state index is 11.4. The lowest BCUT2D eigenvalue weighted by Crippen LogP contribution is -2.29. The number of rotatable bonds is 8. The predicted octanol–water partition coefficient (Wildman–Crippen LogP) is -0.938. The van der Waals surface area contributed by atoms with Crippen molar-refractivity contribution in [3.63, 3.8) is 0 Å². The van der Waals surface area contributed by atoms with Crippen molar-refractivity contribution in [2.24, 2.45) is 0 Å². The highest BCUT2D eigenvalue weighted by atomic mass is 32.2. The summed E-state index contributed by atoms with van der Waals surface area (Å²) in [4.78, 5) is 10.2. The third kappa shape index (κ3) is 5.97. The van der Waals surface area contributed by atoms with Crippen LogP contribution in [0, 0.1) is 0 Å². The fraction of sp³-hybridized carbons (Fsp3) is 0.625. The van der Waals surface area contributed by atoms with E-state index in [2.05, 4.69) is 15.0 Å². The zero-order valence-corrected chi connectivity index (χ0v) is 9.93. The number of hydrogen-bond donors (Lipinski definition) is 2. The van der Waals surface area contributed by atoms with Crippen LogP contribution in [0.1, 0.15) is 12.8 Å². The number of sulfonamides is 1. The molecule has 1 aromatic rings. The van der Waals surface area contributed by atoms with Gasteiger partial charge in [-0.15, -0.1) is 5.10 Å². The van der Waals surface area contributed by atoms with Gasteiger partial charge in [0.1, 0.15) is 0 Å². The van der Waals surface area contributed by atoms with Gasteiger partial charge in [0.05, 0.1) is 18.5 Å². The molecule has 1 aromatic heterocycles. The quantitative estimate of drug-likeness (QED) is 0.625. The first-order chi connectivity index (χ1) is 7.99. The molecule has 0 aliphatic carbocycles. The molecule has 0 atom stereocenters. The molecule has 0 unspecified atom stereocenters. The van der Waals surface area contributed by atoms with Gasteiger partial charge in [0.25, 0.3) is 0 Å². The lowest BCUT2D eigenvalue weighted by molar-refractivity contribution is -0.137. The molecule has 0 aliphatic rings. The second-order valence-corrected chi connectivity index (χ2v) is 5.30. The Morgan fingerprint density at radius 3 is 2.82 bits per heavy atom. The standard InChI is InChI=1S/C8H14N4O4S/c13-8(14)2-1-7-17(15,16)10-4-6-12-5-3-9-11-12/h3,5,10H,1-2,4,6-7H2,(H,13,14). The van der Waals surface area contributed by atoms with Gasteiger partial charge < -0.3 is 5.11 Å². The van der Waals surface area contributed by atoms with Crippen molar-refractivity contribution >= 4 is 16.0 Å². The Morgan fingerprint density at radius 1 is 1.47 bits per heavy atom. The molecule has 1 rings (SSSR count). The topological polar surface area (TPSA) is 114 Å². The fourth-order valence-corrected chi connectivity index (χ4v) is 2.22. The Bertz CT molecular complexity index is 442. The molecule has 0 radical (unpaired) electrons. The van der Waals surface area contributed by atoms with Crippen LogP contribution < -0.4 is 4.72 Å². The molecule has 2 N–H and O–H groups in total. The van der Waals surface area contributed by atoms with E-state index < -0.39 is 16.0 Å². The summed E-state index contributed by atoms with van der Waals surface area (Å²) < 4.78 is 26.6. The first kappa shape index (κ1) is 13.6. The van der Waals surface area contributed by atoms with Crippen LogP contribution in [-0.2, 0) is 21.4 Å². The molecule has 8 nitrogen and oxygen atoms in total. The van der Waals surface area contributed by atoms with Gasteiger partial charge in [-0.2, -0.15) is 0 Å². The van der Waals surface area contributed by atoms with Crippen molar-refractivity contribution in [2.45, 2.75) is 19.4 Å². The fourth-order valence-electron chi connectivity index (χ4n) is 1.15. The first-order valence-electron chi connectivity index (χ1n) is 5.03. The van der Waals surface area contributed by atoms with Crippen molar-refractivity contribution in [1.82, 2.24) is 19.7 Å². The Morgan fingerprint density at radius 2 is 2.24 bits per heavy atom. The van der Waals surface area contributed by atoms with Crippen LogP contribution in [-0.4, -0.2) is 46.8 Å². The highest BCUT2D eigenvalue weighted by Crippen LogP contribution is 1.94. The predicted molar refractivity (Wildman–Crippen MR) is 58.7 cm³/mol. The second-order valence-electron chi connectivity index (χ2n) is 3.38. The monoisotopic (exact) mass is 262 g/mol. The van der Waals surface area contributed by atoms with Gasteiger partial charge >= 0.3 is 5.97 Å². The average molecular weight is 262 g/mol. The molecule has 17 heavy (non-hydrogen) atoms. The van der Waals surface area contributed by atoms with Crippen molar-refractivity contribution in [3.05, 3.63) is 12.4 Å². The van der Waals surface area contributed by atoms with Crippen LogP contribution in [0.5, 0.6) is 0 Å². The molecule has 0 aromatic carbocycles. The van der Waals surface area contributed by atoms with E-state index in [1.54, 1.807) is 6.20 Å². The number of aromatic nitrogens is 3. The van der Waals surface area contributed by atoms with E-state index in [1.165, 1.54) is 10.9 Å². The number of carboxylic acids is 1. The van der Waals surface area contributed by atoms with Crippen LogP contribution >= 0.6 is 0 Å². The maximum absolute atomic E-state index is 11.4. The number of carbonyl (C=O) groups is 1. The summed E-state index contributed by atoms with van der Waals surface area (Å²) in [6.07, 6.45) is 3.08. The molecular weight excluding hydrogens is 248 g/mol. The average Bonchev–Trinajstić information content (AvgIpc) is 2.69. The molecule has 0 saturated heterocycles. The minimum absolute atomic E-state index is 0.105. The second kappa shape index (κ2) is 6.30. The summed E-state index contributed by atoms with van der Waals surface area (Å²) in [5.74, 6) is -1.18. The van der Waals surface area contributed by atoms with Crippen LogP contribution in [0.15, 0.2) is 12.4 Å². The first-order valence-corrected chi connectivity index (χ1v) is 6.68. The number of nitrogens with one attached hydrogen (secondary N) is 1. The van der Waals surface area contributed by atoms with E-state index in [0.717, 1.165) is 0 Å². The molecule has 9 heteroatoms. The number of carboxylic acid groups (broad SMARTS) is 1. The molecule has 0 amide bonds. The lowest BCUT2D eigenvalue weighted by atomic mass is 10.3. The van der Waals surface area contributed by atoms with Crippen molar-refractivity contribution in [3.8, 4) is 0 Å². The highest BCUT2D eigenvalue weighted by molar-refractivity contribution is 7.89. The zero-order chi connectivity index (χ0) is 12.7. The highest BCUT2D eigenvalue weighted by Gasteiger charge is 2.10. The third-order valence-electron chi connectivity index (χ3n) is 1.94. The summed E-state index contributed by atoms with van der Waals surface area (Å²) in [7, 11) is -3.41. The molecular formula is C8H14N4O4S. The maximum Gasteiger partial charge on any atom is 0.303 e. The Kier molecular flexibility index (Phi) is 5.04. The van der Waals surface area contributed by atoms with Crippen molar-refractivity contribution in [1.29, 1.82) is 0 Å². The van der Waals surface area contributed by atoms with Crippen LogP contribution in [0.25, 0.3) is 0 Å². The van der Waals surface area contributed by atoms with E-state index in [-0.39, 0.29) is 25.1 Å². The smallest absolute Gasteiger partial charge is 0.303 e.